The van der Waals surface area contributed by atoms with E-state index in [1.807, 2.05) is 18.3 Å². The molecule has 3 N–H and O–H groups in total. The van der Waals surface area contributed by atoms with Gasteiger partial charge >= 0.3 is 0 Å². The molecule has 1 unspecified atom stereocenters. The Morgan fingerprint density at radius 1 is 1.47 bits per heavy atom. The molecule has 0 aliphatic rings. The van der Waals surface area contributed by atoms with Gasteiger partial charge in [0.1, 0.15) is 0 Å². The van der Waals surface area contributed by atoms with Crippen molar-refractivity contribution < 1.29 is 0 Å². The Balaban J connectivity index is 2.24. The number of pyridine rings is 1. The summed E-state index contributed by atoms with van der Waals surface area (Å²) in [5.41, 5.74) is 6.52. The van der Waals surface area contributed by atoms with Crippen molar-refractivity contribution in [3.63, 3.8) is 0 Å². The Morgan fingerprint density at radius 3 is 2.84 bits per heavy atom. The fraction of sp³-hybridized carbons (Fsp3) is 0.538. The number of halogens is 1. The average molecular weight is 326 g/mol. The molecule has 2 aromatic rings. The zero-order valence-electron chi connectivity index (χ0n) is 11.5. The van der Waals surface area contributed by atoms with Crippen molar-refractivity contribution in [1.82, 2.24) is 14.6 Å². The summed E-state index contributed by atoms with van der Waals surface area (Å²) >= 11 is 3.42. The minimum Gasteiger partial charge on any atom is -0.346 e. The van der Waals surface area contributed by atoms with Crippen LogP contribution < -0.4 is 11.1 Å². The van der Waals surface area contributed by atoms with Crippen LogP contribution in [0.1, 0.15) is 27.2 Å². The Labute approximate surface area is 121 Å². The van der Waals surface area contributed by atoms with Gasteiger partial charge in [0.15, 0.2) is 5.65 Å². The highest BCUT2D eigenvalue weighted by Crippen LogP contribution is 2.20. The Hall–Kier alpha value is -1.14. The zero-order valence-corrected chi connectivity index (χ0v) is 13.1. The highest BCUT2D eigenvalue weighted by Gasteiger charge is 2.25. The summed E-state index contributed by atoms with van der Waals surface area (Å²) in [6, 6.07) is 3.87. The molecule has 1 atom stereocenters. The number of rotatable bonds is 5. The topological polar surface area (TPSA) is 68.2 Å². The molecular formula is C13H20BrN5. The maximum atomic E-state index is 5.89. The highest BCUT2D eigenvalue weighted by molar-refractivity contribution is 9.10. The third-order valence-corrected chi connectivity index (χ3v) is 3.49. The first-order valence-corrected chi connectivity index (χ1v) is 7.21. The molecule has 5 nitrogen and oxygen atoms in total. The molecule has 0 bridgehead atoms. The van der Waals surface area contributed by atoms with Crippen molar-refractivity contribution in [3.05, 3.63) is 22.8 Å². The molecule has 6 heteroatoms. The predicted molar refractivity (Wildman–Crippen MR) is 81.2 cm³/mol. The Morgan fingerprint density at radius 2 is 2.21 bits per heavy atom. The van der Waals surface area contributed by atoms with Crippen LogP contribution in [0.2, 0.25) is 0 Å². The summed E-state index contributed by atoms with van der Waals surface area (Å²) in [5, 5.41) is 7.78. The van der Waals surface area contributed by atoms with Gasteiger partial charge in [-0.3, -0.25) is 0 Å². The standard InChI is InChI=1S/C13H20BrN5/c1-9(2)6-13(3,8-15)17-12-16-11-5-4-10(14)7-19(11)18-12/h4-5,7,9H,6,8,15H2,1-3H3,(H,17,18). The number of nitrogens with one attached hydrogen (secondary N) is 1. The number of hydrogen-bond donors (Lipinski definition) is 2. The van der Waals surface area contributed by atoms with Gasteiger partial charge < -0.3 is 11.1 Å². The first kappa shape index (κ1) is 14.3. The second kappa shape index (κ2) is 5.46. The van der Waals surface area contributed by atoms with Crippen LogP contribution in [0.25, 0.3) is 5.65 Å². The minimum atomic E-state index is -0.184. The van der Waals surface area contributed by atoms with Crippen LogP contribution in [0.3, 0.4) is 0 Å². The molecule has 0 radical (unpaired) electrons. The summed E-state index contributed by atoms with van der Waals surface area (Å²) in [6.07, 6.45) is 2.86. The van der Waals surface area contributed by atoms with Crippen molar-refractivity contribution in [2.75, 3.05) is 11.9 Å². The van der Waals surface area contributed by atoms with E-state index in [0.29, 0.717) is 18.4 Å². The fourth-order valence-corrected chi connectivity index (χ4v) is 2.59. The Bertz CT molecular complexity index is 565. The quantitative estimate of drug-likeness (QED) is 0.886. The van der Waals surface area contributed by atoms with E-state index in [9.17, 15) is 0 Å². The third-order valence-electron chi connectivity index (χ3n) is 3.02. The molecule has 0 fully saturated rings. The normalized spacial score (nSPS) is 14.8. The lowest BCUT2D eigenvalue weighted by atomic mass is 9.91. The number of aromatic nitrogens is 3. The molecule has 2 rings (SSSR count). The van der Waals surface area contributed by atoms with Crippen LogP contribution in [0.5, 0.6) is 0 Å². The molecule has 0 aromatic carbocycles. The molecule has 0 aliphatic heterocycles. The first-order valence-electron chi connectivity index (χ1n) is 6.42. The monoisotopic (exact) mass is 325 g/mol. The van der Waals surface area contributed by atoms with Gasteiger partial charge in [-0.15, -0.1) is 5.10 Å². The number of hydrogen-bond acceptors (Lipinski definition) is 4. The molecule has 0 amide bonds. The van der Waals surface area contributed by atoms with Gasteiger partial charge in [0, 0.05) is 22.8 Å². The van der Waals surface area contributed by atoms with Crippen LogP contribution in [0, 0.1) is 5.92 Å². The van der Waals surface area contributed by atoms with Gasteiger partial charge in [0.25, 0.3) is 0 Å². The van der Waals surface area contributed by atoms with E-state index in [0.717, 1.165) is 16.5 Å². The fourth-order valence-electron chi connectivity index (χ4n) is 2.27. The molecule has 0 aliphatic carbocycles. The average Bonchev–Trinajstić information content (AvgIpc) is 2.68. The number of anilines is 1. The van der Waals surface area contributed by atoms with E-state index in [4.69, 9.17) is 5.73 Å². The molecule has 0 spiro atoms. The second-order valence-electron chi connectivity index (χ2n) is 5.57. The molecular weight excluding hydrogens is 306 g/mol. The highest BCUT2D eigenvalue weighted by atomic mass is 79.9. The van der Waals surface area contributed by atoms with E-state index >= 15 is 0 Å². The number of nitrogens with two attached hydrogens (primary N) is 1. The maximum Gasteiger partial charge on any atom is 0.243 e. The number of fused-ring (bicyclic) bond motifs is 1. The van der Waals surface area contributed by atoms with Gasteiger partial charge in [-0.1, -0.05) is 13.8 Å². The van der Waals surface area contributed by atoms with E-state index < -0.39 is 0 Å². The second-order valence-corrected chi connectivity index (χ2v) is 6.49. The van der Waals surface area contributed by atoms with Gasteiger partial charge in [-0.05, 0) is 47.3 Å². The van der Waals surface area contributed by atoms with E-state index in [2.05, 4.69) is 52.1 Å². The van der Waals surface area contributed by atoms with Gasteiger partial charge in [-0.2, -0.15) is 4.98 Å². The van der Waals surface area contributed by atoms with Crippen molar-refractivity contribution in [2.24, 2.45) is 11.7 Å². The summed E-state index contributed by atoms with van der Waals surface area (Å²) in [6.45, 7) is 7.02. The number of nitrogens with zero attached hydrogens (tertiary/aromatic N) is 3. The maximum absolute atomic E-state index is 5.89. The third kappa shape index (κ3) is 3.45. The molecule has 0 saturated carbocycles. The largest absolute Gasteiger partial charge is 0.346 e. The Kier molecular flexibility index (Phi) is 4.10. The summed E-state index contributed by atoms with van der Waals surface area (Å²) in [7, 11) is 0. The molecule has 2 heterocycles. The van der Waals surface area contributed by atoms with E-state index in [-0.39, 0.29) is 5.54 Å². The smallest absolute Gasteiger partial charge is 0.243 e. The molecule has 19 heavy (non-hydrogen) atoms. The van der Waals surface area contributed by atoms with Crippen molar-refractivity contribution >= 4 is 27.5 Å². The van der Waals surface area contributed by atoms with E-state index in [1.54, 1.807) is 4.52 Å². The van der Waals surface area contributed by atoms with Gasteiger partial charge in [-0.25, -0.2) is 4.52 Å². The van der Waals surface area contributed by atoms with E-state index in [1.165, 1.54) is 0 Å². The molecule has 2 aromatic heterocycles. The lowest BCUT2D eigenvalue weighted by Crippen LogP contribution is -2.44. The zero-order chi connectivity index (χ0) is 14.0. The lowest BCUT2D eigenvalue weighted by Gasteiger charge is -2.30. The van der Waals surface area contributed by atoms with Crippen LogP contribution in [-0.2, 0) is 0 Å². The molecule has 104 valence electrons. The van der Waals surface area contributed by atoms with Crippen molar-refractivity contribution in [2.45, 2.75) is 32.7 Å². The predicted octanol–water partition coefficient (Wildman–Crippen LogP) is 2.67. The minimum absolute atomic E-state index is 0.184. The van der Waals surface area contributed by atoms with Crippen LogP contribution >= 0.6 is 15.9 Å². The first-order chi connectivity index (χ1) is 8.92. The van der Waals surface area contributed by atoms with Crippen LogP contribution in [-0.4, -0.2) is 26.7 Å². The van der Waals surface area contributed by atoms with Gasteiger partial charge in [0.2, 0.25) is 5.95 Å². The lowest BCUT2D eigenvalue weighted by molar-refractivity contribution is 0.405. The summed E-state index contributed by atoms with van der Waals surface area (Å²) in [4.78, 5) is 4.46. The summed E-state index contributed by atoms with van der Waals surface area (Å²) in [5.74, 6) is 1.18. The molecule has 0 saturated heterocycles. The van der Waals surface area contributed by atoms with Crippen LogP contribution in [0.4, 0.5) is 5.95 Å². The van der Waals surface area contributed by atoms with Crippen LogP contribution in [0.15, 0.2) is 22.8 Å². The summed E-state index contributed by atoms with van der Waals surface area (Å²) < 4.78 is 2.72. The van der Waals surface area contributed by atoms with Crippen molar-refractivity contribution in [3.8, 4) is 0 Å². The van der Waals surface area contributed by atoms with Gasteiger partial charge in [0.05, 0.1) is 0 Å². The SMILES string of the molecule is CC(C)CC(C)(CN)Nc1nc2ccc(Br)cn2n1. The van der Waals surface area contributed by atoms with Crippen molar-refractivity contribution in [1.29, 1.82) is 0 Å².